The van der Waals surface area contributed by atoms with Crippen LogP contribution in [0.15, 0.2) is 28.7 Å². The number of carbonyl (C=O) groups is 1. The monoisotopic (exact) mass is 310 g/mol. The number of rotatable bonds is 3. The molecule has 1 N–H and O–H groups in total. The average Bonchev–Trinajstić information content (AvgIpc) is 2.35. The van der Waals surface area contributed by atoms with Crippen molar-refractivity contribution in [1.29, 1.82) is 0 Å². The Balaban J connectivity index is 1.80. The molecular formula is C14H19BrN2O. The van der Waals surface area contributed by atoms with E-state index in [0.29, 0.717) is 12.3 Å². The van der Waals surface area contributed by atoms with E-state index in [2.05, 4.69) is 33.2 Å². The van der Waals surface area contributed by atoms with Crippen molar-refractivity contribution >= 4 is 27.5 Å². The number of anilines is 1. The Kier molecular flexibility index (Phi) is 4.78. The molecule has 1 aromatic rings. The lowest BCUT2D eigenvalue weighted by Crippen LogP contribution is -2.31. The van der Waals surface area contributed by atoms with E-state index in [1.54, 1.807) is 0 Å². The Hall–Kier alpha value is -0.870. The highest BCUT2D eigenvalue weighted by molar-refractivity contribution is 9.10. The van der Waals surface area contributed by atoms with Gasteiger partial charge in [-0.2, -0.15) is 0 Å². The molecule has 98 valence electrons. The van der Waals surface area contributed by atoms with Crippen LogP contribution in [0.2, 0.25) is 0 Å². The van der Waals surface area contributed by atoms with Crippen LogP contribution in [0.4, 0.5) is 5.69 Å². The Morgan fingerprint density at radius 3 is 2.56 bits per heavy atom. The smallest absolute Gasteiger partial charge is 0.224 e. The van der Waals surface area contributed by atoms with Crippen LogP contribution in [0.3, 0.4) is 0 Å². The van der Waals surface area contributed by atoms with E-state index in [-0.39, 0.29) is 5.91 Å². The standard InChI is InChI=1S/C14H19BrN2O/c1-17-8-6-11(7-9-17)10-14(18)16-13-4-2-12(15)3-5-13/h2-5,11H,6-10H2,1H3,(H,16,18). The first kappa shape index (κ1) is 13.6. The highest BCUT2D eigenvalue weighted by atomic mass is 79.9. The number of piperidine rings is 1. The molecule has 0 aliphatic carbocycles. The summed E-state index contributed by atoms with van der Waals surface area (Å²) in [5, 5.41) is 2.95. The maximum absolute atomic E-state index is 11.9. The normalized spacial score (nSPS) is 17.7. The number of amides is 1. The maximum Gasteiger partial charge on any atom is 0.224 e. The Labute approximate surface area is 117 Å². The zero-order valence-electron chi connectivity index (χ0n) is 10.7. The quantitative estimate of drug-likeness (QED) is 0.930. The van der Waals surface area contributed by atoms with Crippen molar-refractivity contribution in [2.24, 2.45) is 5.92 Å². The molecule has 2 rings (SSSR count). The van der Waals surface area contributed by atoms with Crippen LogP contribution >= 0.6 is 15.9 Å². The number of hydrogen-bond acceptors (Lipinski definition) is 2. The molecule has 4 heteroatoms. The van der Waals surface area contributed by atoms with Crippen LogP contribution in [0.5, 0.6) is 0 Å². The lowest BCUT2D eigenvalue weighted by molar-refractivity contribution is -0.117. The van der Waals surface area contributed by atoms with Gasteiger partial charge >= 0.3 is 0 Å². The molecule has 1 aliphatic rings. The first-order valence-corrected chi connectivity index (χ1v) is 7.17. The van der Waals surface area contributed by atoms with Gasteiger partial charge in [-0.25, -0.2) is 0 Å². The summed E-state index contributed by atoms with van der Waals surface area (Å²) >= 11 is 3.38. The molecular weight excluding hydrogens is 292 g/mol. The fourth-order valence-corrected chi connectivity index (χ4v) is 2.54. The Morgan fingerprint density at radius 1 is 1.33 bits per heavy atom. The number of likely N-dealkylation sites (tertiary alicyclic amines) is 1. The number of benzene rings is 1. The van der Waals surface area contributed by atoms with E-state index >= 15 is 0 Å². The second kappa shape index (κ2) is 6.34. The van der Waals surface area contributed by atoms with Gasteiger partial charge in [0.05, 0.1) is 0 Å². The number of halogens is 1. The summed E-state index contributed by atoms with van der Waals surface area (Å²) < 4.78 is 1.02. The molecule has 0 atom stereocenters. The van der Waals surface area contributed by atoms with Crippen molar-refractivity contribution in [1.82, 2.24) is 4.90 Å². The van der Waals surface area contributed by atoms with Gasteiger partial charge in [0.25, 0.3) is 0 Å². The van der Waals surface area contributed by atoms with Crippen LogP contribution in [-0.2, 0) is 4.79 Å². The summed E-state index contributed by atoms with van der Waals surface area (Å²) in [6.45, 7) is 2.21. The first-order valence-electron chi connectivity index (χ1n) is 6.37. The van der Waals surface area contributed by atoms with Gasteiger partial charge in [0.1, 0.15) is 0 Å². The molecule has 18 heavy (non-hydrogen) atoms. The van der Waals surface area contributed by atoms with Crippen molar-refractivity contribution in [2.45, 2.75) is 19.3 Å². The minimum Gasteiger partial charge on any atom is -0.326 e. The number of carbonyl (C=O) groups excluding carboxylic acids is 1. The molecule has 0 radical (unpaired) electrons. The van der Waals surface area contributed by atoms with Crippen molar-refractivity contribution in [2.75, 3.05) is 25.5 Å². The van der Waals surface area contributed by atoms with E-state index in [1.807, 2.05) is 24.3 Å². The van der Waals surface area contributed by atoms with Gasteiger partial charge in [0.15, 0.2) is 0 Å². The maximum atomic E-state index is 11.9. The number of hydrogen-bond donors (Lipinski definition) is 1. The SMILES string of the molecule is CN1CCC(CC(=O)Nc2ccc(Br)cc2)CC1. The summed E-state index contributed by atoms with van der Waals surface area (Å²) in [6, 6.07) is 7.70. The molecule has 1 aliphatic heterocycles. The van der Waals surface area contributed by atoms with E-state index in [9.17, 15) is 4.79 Å². The van der Waals surface area contributed by atoms with E-state index in [1.165, 1.54) is 0 Å². The first-order chi connectivity index (χ1) is 8.63. The van der Waals surface area contributed by atoms with Crippen LogP contribution in [0.1, 0.15) is 19.3 Å². The molecule has 1 amide bonds. The van der Waals surface area contributed by atoms with Gasteiger partial charge in [0.2, 0.25) is 5.91 Å². The molecule has 0 aromatic heterocycles. The number of nitrogens with zero attached hydrogens (tertiary/aromatic N) is 1. The molecule has 0 unspecified atom stereocenters. The van der Waals surface area contributed by atoms with Gasteiger partial charge in [-0.05, 0) is 63.2 Å². The molecule has 1 saturated heterocycles. The van der Waals surface area contributed by atoms with Gasteiger partial charge in [0, 0.05) is 16.6 Å². The van der Waals surface area contributed by atoms with Gasteiger partial charge < -0.3 is 10.2 Å². The zero-order chi connectivity index (χ0) is 13.0. The molecule has 0 saturated carbocycles. The second-order valence-electron chi connectivity index (χ2n) is 5.01. The number of nitrogens with one attached hydrogen (secondary N) is 1. The Bertz CT molecular complexity index is 397. The third kappa shape index (κ3) is 4.10. The van der Waals surface area contributed by atoms with Crippen molar-refractivity contribution in [3.63, 3.8) is 0 Å². The fourth-order valence-electron chi connectivity index (χ4n) is 2.27. The van der Waals surface area contributed by atoms with E-state index in [4.69, 9.17) is 0 Å². The summed E-state index contributed by atoms with van der Waals surface area (Å²) in [4.78, 5) is 14.2. The Morgan fingerprint density at radius 2 is 1.94 bits per heavy atom. The molecule has 1 aromatic carbocycles. The van der Waals surface area contributed by atoms with Gasteiger partial charge in [-0.1, -0.05) is 15.9 Å². The summed E-state index contributed by atoms with van der Waals surface area (Å²) in [5.74, 6) is 0.670. The van der Waals surface area contributed by atoms with Crippen LogP contribution < -0.4 is 5.32 Å². The van der Waals surface area contributed by atoms with Gasteiger partial charge in [-0.3, -0.25) is 4.79 Å². The lowest BCUT2D eigenvalue weighted by Gasteiger charge is -2.28. The van der Waals surface area contributed by atoms with Crippen LogP contribution in [0, 0.1) is 5.92 Å². The zero-order valence-corrected chi connectivity index (χ0v) is 12.2. The molecule has 0 bridgehead atoms. The summed E-state index contributed by atoms with van der Waals surface area (Å²) in [5.41, 5.74) is 0.871. The third-order valence-corrected chi connectivity index (χ3v) is 3.97. The van der Waals surface area contributed by atoms with Crippen LogP contribution in [-0.4, -0.2) is 30.9 Å². The molecule has 3 nitrogen and oxygen atoms in total. The predicted octanol–water partition coefficient (Wildman–Crippen LogP) is 3.12. The summed E-state index contributed by atoms with van der Waals surface area (Å²) in [7, 11) is 2.14. The minimum atomic E-state index is 0.131. The van der Waals surface area contributed by atoms with Crippen molar-refractivity contribution in [3.05, 3.63) is 28.7 Å². The van der Waals surface area contributed by atoms with Gasteiger partial charge in [-0.15, -0.1) is 0 Å². The minimum absolute atomic E-state index is 0.131. The third-order valence-electron chi connectivity index (χ3n) is 3.44. The topological polar surface area (TPSA) is 32.3 Å². The molecule has 0 spiro atoms. The predicted molar refractivity (Wildman–Crippen MR) is 77.6 cm³/mol. The lowest BCUT2D eigenvalue weighted by atomic mass is 9.93. The van der Waals surface area contributed by atoms with Crippen molar-refractivity contribution in [3.8, 4) is 0 Å². The highest BCUT2D eigenvalue weighted by Gasteiger charge is 2.19. The fraction of sp³-hybridized carbons (Fsp3) is 0.500. The van der Waals surface area contributed by atoms with E-state index in [0.717, 1.165) is 36.1 Å². The van der Waals surface area contributed by atoms with E-state index < -0.39 is 0 Å². The average molecular weight is 311 g/mol. The van der Waals surface area contributed by atoms with Crippen molar-refractivity contribution < 1.29 is 4.79 Å². The largest absolute Gasteiger partial charge is 0.326 e. The molecule has 1 heterocycles. The summed E-state index contributed by atoms with van der Waals surface area (Å²) in [6.07, 6.45) is 2.90. The van der Waals surface area contributed by atoms with Crippen LogP contribution in [0.25, 0.3) is 0 Å². The second-order valence-corrected chi connectivity index (χ2v) is 5.92. The highest BCUT2D eigenvalue weighted by Crippen LogP contribution is 2.20. The molecule has 1 fully saturated rings.